The summed E-state index contributed by atoms with van der Waals surface area (Å²) in [5.74, 6) is -1.41. The molecule has 7 heteroatoms. The summed E-state index contributed by atoms with van der Waals surface area (Å²) in [6.07, 6.45) is 3.25. The van der Waals surface area contributed by atoms with Crippen LogP contribution in [-0.4, -0.2) is 15.1 Å². The van der Waals surface area contributed by atoms with Gasteiger partial charge in [-0.25, -0.2) is 8.78 Å². The third-order valence-electron chi connectivity index (χ3n) is 3.00. The number of rotatable bonds is 2. The van der Waals surface area contributed by atoms with Gasteiger partial charge < -0.3 is 10.3 Å². The Morgan fingerprint density at radius 2 is 1.95 bits per heavy atom. The molecule has 3 aromatic rings. The normalized spacial score (nSPS) is 10.8. The number of benzene rings is 1. The zero-order valence-electron chi connectivity index (χ0n) is 11.0. The van der Waals surface area contributed by atoms with Crippen molar-refractivity contribution in [1.82, 2.24) is 15.1 Å². The first-order chi connectivity index (χ1) is 10.1. The maximum Gasteiger partial charge on any atom is 0.261 e. The summed E-state index contributed by atoms with van der Waals surface area (Å²) < 4.78 is 32.0. The molecular formula is C14H10F2N4O. The van der Waals surface area contributed by atoms with Gasteiger partial charge in [-0.05, 0) is 24.6 Å². The number of aryl methyl sites for hydroxylation is 1. The quantitative estimate of drug-likeness (QED) is 0.733. The van der Waals surface area contributed by atoms with Crippen LogP contribution in [-0.2, 0) is 0 Å². The van der Waals surface area contributed by atoms with E-state index in [1.165, 1.54) is 0 Å². The van der Waals surface area contributed by atoms with E-state index in [0.717, 1.165) is 17.2 Å². The van der Waals surface area contributed by atoms with Crippen molar-refractivity contribution in [3.8, 4) is 22.8 Å². The summed E-state index contributed by atoms with van der Waals surface area (Å²) >= 11 is 0. The number of anilines is 1. The highest BCUT2D eigenvalue weighted by Gasteiger charge is 2.17. The van der Waals surface area contributed by atoms with E-state index in [1.807, 2.05) is 6.92 Å². The monoisotopic (exact) mass is 288 g/mol. The number of halogens is 2. The van der Waals surface area contributed by atoms with Crippen molar-refractivity contribution in [2.75, 3.05) is 5.73 Å². The van der Waals surface area contributed by atoms with Crippen LogP contribution in [0.2, 0.25) is 0 Å². The Kier molecular flexibility index (Phi) is 3.09. The van der Waals surface area contributed by atoms with Crippen LogP contribution >= 0.6 is 0 Å². The highest BCUT2D eigenvalue weighted by molar-refractivity contribution is 5.65. The van der Waals surface area contributed by atoms with Gasteiger partial charge in [-0.3, -0.25) is 4.98 Å². The van der Waals surface area contributed by atoms with E-state index in [1.54, 1.807) is 18.5 Å². The first-order valence-corrected chi connectivity index (χ1v) is 6.06. The number of hydrogen-bond donors (Lipinski definition) is 1. The first kappa shape index (κ1) is 13.2. The smallest absolute Gasteiger partial charge is 0.261 e. The summed E-state index contributed by atoms with van der Waals surface area (Å²) in [5, 5.41) is 3.80. The molecule has 2 heterocycles. The van der Waals surface area contributed by atoms with E-state index >= 15 is 0 Å². The number of nitrogens with two attached hydrogens (primary N) is 1. The molecule has 0 unspecified atom stereocenters. The standard InChI is InChI=1S/C14H10F2N4O/c1-7-6-18-3-2-8(7)13-19-14(21-20-13)9-4-12(17)11(16)5-10(9)15/h2-6H,17H2,1H3. The molecule has 0 spiro atoms. The summed E-state index contributed by atoms with van der Waals surface area (Å²) in [4.78, 5) is 8.09. The van der Waals surface area contributed by atoms with Gasteiger partial charge in [0.25, 0.3) is 5.89 Å². The predicted octanol–water partition coefficient (Wildman–Crippen LogP) is 2.97. The minimum absolute atomic E-state index is 0.0423. The Morgan fingerprint density at radius 3 is 2.71 bits per heavy atom. The second-order valence-corrected chi connectivity index (χ2v) is 4.47. The molecule has 106 valence electrons. The van der Waals surface area contributed by atoms with Crippen molar-refractivity contribution in [2.24, 2.45) is 0 Å². The molecule has 0 amide bonds. The van der Waals surface area contributed by atoms with Gasteiger partial charge in [0.1, 0.15) is 11.6 Å². The highest BCUT2D eigenvalue weighted by Crippen LogP contribution is 2.28. The van der Waals surface area contributed by atoms with Crippen LogP contribution < -0.4 is 5.73 Å². The van der Waals surface area contributed by atoms with Crippen molar-refractivity contribution >= 4 is 5.69 Å². The van der Waals surface area contributed by atoms with Crippen molar-refractivity contribution in [1.29, 1.82) is 0 Å². The minimum atomic E-state index is -0.832. The van der Waals surface area contributed by atoms with Gasteiger partial charge in [0.15, 0.2) is 0 Å². The summed E-state index contributed by atoms with van der Waals surface area (Å²) in [5.41, 5.74) is 6.77. The lowest BCUT2D eigenvalue weighted by molar-refractivity contribution is 0.429. The molecule has 21 heavy (non-hydrogen) atoms. The van der Waals surface area contributed by atoms with Gasteiger partial charge in [-0.2, -0.15) is 4.98 Å². The van der Waals surface area contributed by atoms with Crippen LogP contribution in [0.4, 0.5) is 14.5 Å². The highest BCUT2D eigenvalue weighted by atomic mass is 19.1. The van der Waals surface area contributed by atoms with Gasteiger partial charge in [0, 0.05) is 24.0 Å². The van der Waals surface area contributed by atoms with E-state index in [-0.39, 0.29) is 17.1 Å². The Morgan fingerprint density at radius 1 is 1.14 bits per heavy atom. The maximum atomic E-state index is 13.8. The van der Waals surface area contributed by atoms with Gasteiger partial charge in [0.2, 0.25) is 5.82 Å². The third kappa shape index (κ3) is 2.33. The lowest BCUT2D eigenvalue weighted by Crippen LogP contribution is -1.94. The van der Waals surface area contributed by atoms with Crippen LogP contribution in [0.1, 0.15) is 5.56 Å². The second-order valence-electron chi connectivity index (χ2n) is 4.47. The van der Waals surface area contributed by atoms with E-state index in [4.69, 9.17) is 10.3 Å². The first-order valence-electron chi connectivity index (χ1n) is 6.06. The Balaban J connectivity index is 2.07. The van der Waals surface area contributed by atoms with Crippen LogP contribution in [0, 0.1) is 18.6 Å². The van der Waals surface area contributed by atoms with Crippen LogP contribution in [0.15, 0.2) is 35.1 Å². The number of nitrogens with zero attached hydrogens (tertiary/aromatic N) is 3. The third-order valence-corrected chi connectivity index (χ3v) is 3.00. The molecule has 0 saturated heterocycles. The molecule has 0 bridgehead atoms. The Bertz CT molecular complexity index is 816. The molecule has 0 aliphatic rings. The average Bonchev–Trinajstić information content (AvgIpc) is 2.92. The molecule has 2 aromatic heterocycles. The summed E-state index contributed by atoms with van der Waals surface area (Å²) in [6.45, 7) is 1.84. The fourth-order valence-electron chi connectivity index (χ4n) is 1.90. The van der Waals surface area contributed by atoms with Gasteiger partial charge in [-0.15, -0.1) is 0 Å². The zero-order chi connectivity index (χ0) is 15.0. The molecule has 0 fully saturated rings. The minimum Gasteiger partial charge on any atom is -0.396 e. The molecule has 0 atom stereocenters. The van der Waals surface area contributed by atoms with Gasteiger partial charge >= 0.3 is 0 Å². The molecule has 1 aromatic carbocycles. The van der Waals surface area contributed by atoms with Crippen LogP contribution in [0.5, 0.6) is 0 Å². The predicted molar refractivity (Wildman–Crippen MR) is 72.0 cm³/mol. The zero-order valence-corrected chi connectivity index (χ0v) is 11.0. The van der Waals surface area contributed by atoms with Gasteiger partial charge in [0.05, 0.1) is 11.3 Å². The van der Waals surface area contributed by atoms with E-state index in [0.29, 0.717) is 11.9 Å². The fourth-order valence-corrected chi connectivity index (χ4v) is 1.90. The molecule has 3 rings (SSSR count). The maximum absolute atomic E-state index is 13.8. The lowest BCUT2D eigenvalue weighted by atomic mass is 10.1. The number of hydrogen-bond acceptors (Lipinski definition) is 5. The van der Waals surface area contributed by atoms with Gasteiger partial charge in [-0.1, -0.05) is 5.16 Å². The molecule has 2 N–H and O–H groups in total. The molecule has 5 nitrogen and oxygen atoms in total. The van der Waals surface area contributed by atoms with E-state index in [2.05, 4.69) is 15.1 Å². The van der Waals surface area contributed by atoms with Crippen LogP contribution in [0.25, 0.3) is 22.8 Å². The Hall–Kier alpha value is -2.83. The van der Waals surface area contributed by atoms with Crippen molar-refractivity contribution < 1.29 is 13.3 Å². The topological polar surface area (TPSA) is 77.8 Å². The fraction of sp³-hybridized carbons (Fsp3) is 0.0714. The molecule has 0 aliphatic carbocycles. The second kappa shape index (κ2) is 4.93. The molecule has 0 saturated carbocycles. The molecule has 0 radical (unpaired) electrons. The molecular weight excluding hydrogens is 278 g/mol. The largest absolute Gasteiger partial charge is 0.396 e. The molecule has 0 aliphatic heterocycles. The van der Waals surface area contributed by atoms with E-state index < -0.39 is 11.6 Å². The van der Waals surface area contributed by atoms with E-state index in [9.17, 15) is 8.78 Å². The number of pyridine rings is 1. The summed E-state index contributed by atoms with van der Waals surface area (Å²) in [7, 11) is 0. The van der Waals surface area contributed by atoms with Crippen molar-refractivity contribution in [2.45, 2.75) is 6.92 Å². The number of nitrogen functional groups attached to an aromatic ring is 1. The average molecular weight is 288 g/mol. The SMILES string of the molecule is Cc1cnccc1-c1noc(-c2cc(N)c(F)cc2F)n1. The number of aromatic nitrogens is 3. The van der Waals surface area contributed by atoms with Crippen molar-refractivity contribution in [3.63, 3.8) is 0 Å². The van der Waals surface area contributed by atoms with Crippen molar-refractivity contribution in [3.05, 3.63) is 47.8 Å². The lowest BCUT2D eigenvalue weighted by Gasteiger charge is -2.01. The van der Waals surface area contributed by atoms with Crippen LogP contribution in [0.3, 0.4) is 0 Å². The Labute approximate surface area is 118 Å². The summed E-state index contributed by atoms with van der Waals surface area (Å²) in [6, 6.07) is 3.53.